The Morgan fingerprint density at radius 1 is 1.07 bits per heavy atom. The molecule has 140 valence electrons. The number of halogens is 1. The van der Waals surface area contributed by atoms with E-state index in [1.54, 1.807) is 18.2 Å². The molecule has 2 aromatic carbocycles. The van der Waals surface area contributed by atoms with Crippen LogP contribution in [0.15, 0.2) is 66.0 Å². The van der Waals surface area contributed by atoms with E-state index >= 15 is 0 Å². The Kier molecular flexibility index (Phi) is 5.24. The number of carbonyl (C=O) groups excluding carboxylic acids is 1. The second-order valence-electron chi connectivity index (χ2n) is 5.89. The van der Waals surface area contributed by atoms with Crippen LogP contribution in [0, 0.1) is 5.82 Å². The summed E-state index contributed by atoms with van der Waals surface area (Å²) in [5.41, 5.74) is 2.20. The van der Waals surface area contributed by atoms with Crippen molar-refractivity contribution in [1.29, 1.82) is 0 Å². The number of benzene rings is 2. The number of nitrogens with zero attached hydrogens (tertiary/aromatic N) is 5. The fourth-order valence-electron chi connectivity index (χ4n) is 2.62. The summed E-state index contributed by atoms with van der Waals surface area (Å²) in [7, 11) is 0. The second kappa shape index (κ2) is 8.13. The van der Waals surface area contributed by atoms with Crippen LogP contribution in [0.3, 0.4) is 0 Å². The van der Waals surface area contributed by atoms with E-state index < -0.39 is 0 Å². The third-order valence-corrected chi connectivity index (χ3v) is 4.92. The molecule has 2 aromatic heterocycles. The van der Waals surface area contributed by atoms with Gasteiger partial charge in [-0.1, -0.05) is 53.4 Å². The van der Waals surface area contributed by atoms with Crippen molar-refractivity contribution < 1.29 is 9.18 Å². The Labute approximate surface area is 164 Å². The number of hydrogen-bond donors (Lipinski definition) is 1. The molecule has 0 fully saturated rings. The van der Waals surface area contributed by atoms with Gasteiger partial charge in [-0.15, -0.1) is 5.10 Å². The van der Waals surface area contributed by atoms with Gasteiger partial charge < -0.3 is 5.32 Å². The lowest BCUT2D eigenvalue weighted by atomic mass is 10.2. The largest absolute Gasteiger partial charge is 0.325 e. The van der Waals surface area contributed by atoms with Gasteiger partial charge in [0.1, 0.15) is 17.2 Å². The maximum atomic E-state index is 13.9. The molecule has 9 heteroatoms. The molecule has 2 heterocycles. The van der Waals surface area contributed by atoms with Crippen molar-refractivity contribution in [2.75, 3.05) is 11.1 Å². The van der Waals surface area contributed by atoms with Crippen LogP contribution >= 0.6 is 11.8 Å². The van der Waals surface area contributed by atoms with Gasteiger partial charge in [-0.3, -0.25) is 4.79 Å². The Morgan fingerprint density at radius 2 is 1.86 bits per heavy atom. The van der Waals surface area contributed by atoms with Gasteiger partial charge in [-0.05, 0) is 18.2 Å². The molecule has 0 aliphatic rings. The predicted octanol–water partition coefficient (Wildman–Crippen LogP) is 3.14. The monoisotopic (exact) mass is 394 g/mol. The van der Waals surface area contributed by atoms with Crippen LogP contribution in [0.25, 0.3) is 11.2 Å². The van der Waals surface area contributed by atoms with Crippen molar-refractivity contribution in [3.63, 3.8) is 0 Å². The van der Waals surface area contributed by atoms with Gasteiger partial charge in [0.05, 0.1) is 12.3 Å². The maximum Gasteiger partial charge on any atom is 0.234 e. The topological polar surface area (TPSA) is 85.6 Å². The highest BCUT2D eigenvalue weighted by atomic mass is 32.2. The summed E-state index contributed by atoms with van der Waals surface area (Å²) in [4.78, 5) is 20.6. The van der Waals surface area contributed by atoms with Crippen molar-refractivity contribution >= 4 is 34.5 Å². The van der Waals surface area contributed by atoms with Gasteiger partial charge in [-0.25, -0.2) is 19.0 Å². The number of carbonyl (C=O) groups is 1. The Balaban J connectivity index is 1.49. The maximum absolute atomic E-state index is 13.9. The van der Waals surface area contributed by atoms with Gasteiger partial charge in [0.15, 0.2) is 11.2 Å². The molecule has 0 saturated carbocycles. The summed E-state index contributed by atoms with van der Waals surface area (Å²) in [5.74, 6) is -0.296. The SMILES string of the molecule is O=C(CSc1ncnc2c1nnn2Cc1ccccc1F)Nc1ccccc1. The first-order chi connectivity index (χ1) is 13.7. The molecule has 0 unspecified atom stereocenters. The fraction of sp³-hybridized carbons (Fsp3) is 0.105. The van der Waals surface area contributed by atoms with Gasteiger partial charge in [0.25, 0.3) is 0 Å². The molecule has 0 atom stereocenters. The first-order valence-electron chi connectivity index (χ1n) is 8.46. The van der Waals surface area contributed by atoms with Crippen LogP contribution in [0.2, 0.25) is 0 Å². The molecule has 4 rings (SSSR count). The van der Waals surface area contributed by atoms with Crippen LogP contribution < -0.4 is 5.32 Å². The Hall–Kier alpha value is -3.33. The van der Waals surface area contributed by atoms with E-state index in [0.29, 0.717) is 21.8 Å². The van der Waals surface area contributed by atoms with Crippen molar-refractivity contribution in [2.24, 2.45) is 0 Å². The molecule has 0 aliphatic heterocycles. The quantitative estimate of drug-likeness (QED) is 0.399. The Bertz CT molecular complexity index is 1120. The number of amides is 1. The number of nitrogens with one attached hydrogen (secondary N) is 1. The molecule has 1 N–H and O–H groups in total. The highest BCUT2D eigenvalue weighted by Crippen LogP contribution is 2.23. The summed E-state index contributed by atoms with van der Waals surface area (Å²) in [6.07, 6.45) is 1.39. The average molecular weight is 394 g/mol. The molecule has 7 nitrogen and oxygen atoms in total. The highest BCUT2D eigenvalue weighted by molar-refractivity contribution is 8.00. The summed E-state index contributed by atoms with van der Waals surface area (Å²) < 4.78 is 15.4. The minimum absolute atomic E-state index is 0.151. The lowest BCUT2D eigenvalue weighted by Crippen LogP contribution is -2.14. The predicted molar refractivity (Wildman–Crippen MR) is 104 cm³/mol. The van der Waals surface area contributed by atoms with E-state index in [1.807, 2.05) is 30.3 Å². The number of thioether (sulfide) groups is 1. The van der Waals surface area contributed by atoms with Crippen molar-refractivity contribution in [3.8, 4) is 0 Å². The molecular weight excluding hydrogens is 379 g/mol. The number of fused-ring (bicyclic) bond motifs is 1. The molecule has 0 radical (unpaired) electrons. The zero-order valence-corrected chi connectivity index (χ0v) is 15.4. The molecule has 1 amide bonds. The fourth-order valence-corrected chi connectivity index (χ4v) is 3.35. The lowest BCUT2D eigenvalue weighted by molar-refractivity contribution is -0.113. The van der Waals surface area contributed by atoms with E-state index in [-0.39, 0.29) is 24.0 Å². The Morgan fingerprint density at radius 3 is 2.68 bits per heavy atom. The number of aromatic nitrogens is 5. The lowest BCUT2D eigenvalue weighted by Gasteiger charge is -2.05. The standard InChI is InChI=1S/C19H15FN6OS/c20-15-9-5-4-6-13(15)10-26-18-17(24-25-26)19(22-12-21-18)28-11-16(27)23-14-7-2-1-3-8-14/h1-9,12H,10-11H2,(H,23,27). The minimum Gasteiger partial charge on any atom is -0.325 e. The van der Waals surface area contributed by atoms with Crippen molar-refractivity contribution in [3.05, 3.63) is 72.3 Å². The third-order valence-electron chi connectivity index (χ3n) is 3.94. The molecule has 4 aromatic rings. The van der Waals surface area contributed by atoms with Crippen LogP contribution in [0.4, 0.5) is 10.1 Å². The number of rotatable bonds is 6. The van der Waals surface area contributed by atoms with Crippen molar-refractivity contribution in [1.82, 2.24) is 25.0 Å². The highest BCUT2D eigenvalue weighted by Gasteiger charge is 2.15. The van der Waals surface area contributed by atoms with Crippen LogP contribution in [-0.2, 0) is 11.3 Å². The molecule has 0 saturated heterocycles. The van der Waals surface area contributed by atoms with Gasteiger partial charge in [0.2, 0.25) is 5.91 Å². The van der Waals surface area contributed by atoms with E-state index in [2.05, 4.69) is 25.6 Å². The summed E-state index contributed by atoms with van der Waals surface area (Å²) >= 11 is 1.25. The van der Waals surface area contributed by atoms with Gasteiger partial charge in [-0.2, -0.15) is 0 Å². The molecule has 0 spiro atoms. The second-order valence-corrected chi connectivity index (χ2v) is 6.86. The molecule has 0 aliphatic carbocycles. The number of hydrogen-bond acceptors (Lipinski definition) is 6. The van der Waals surface area contributed by atoms with Crippen LogP contribution in [0.1, 0.15) is 5.56 Å². The average Bonchev–Trinajstić information content (AvgIpc) is 3.12. The first kappa shape index (κ1) is 18.1. The number of para-hydroxylation sites is 1. The molecular formula is C19H15FN6OS. The molecule has 0 bridgehead atoms. The normalized spacial score (nSPS) is 10.9. The van der Waals surface area contributed by atoms with Crippen LogP contribution in [0.5, 0.6) is 0 Å². The summed E-state index contributed by atoms with van der Waals surface area (Å²) in [6.45, 7) is 0.207. The van der Waals surface area contributed by atoms with E-state index in [9.17, 15) is 9.18 Å². The molecule has 28 heavy (non-hydrogen) atoms. The van der Waals surface area contributed by atoms with Gasteiger partial charge >= 0.3 is 0 Å². The van der Waals surface area contributed by atoms with E-state index in [1.165, 1.54) is 28.8 Å². The minimum atomic E-state index is -0.313. The van der Waals surface area contributed by atoms with Gasteiger partial charge in [0, 0.05) is 11.3 Å². The first-order valence-corrected chi connectivity index (χ1v) is 9.44. The third kappa shape index (κ3) is 3.99. The van der Waals surface area contributed by atoms with E-state index in [0.717, 1.165) is 5.69 Å². The zero-order valence-electron chi connectivity index (χ0n) is 14.6. The van der Waals surface area contributed by atoms with Crippen LogP contribution in [-0.4, -0.2) is 36.6 Å². The van der Waals surface area contributed by atoms with E-state index in [4.69, 9.17) is 0 Å². The number of anilines is 1. The summed E-state index contributed by atoms with van der Waals surface area (Å²) in [5, 5.41) is 11.6. The van der Waals surface area contributed by atoms with Crippen molar-refractivity contribution in [2.45, 2.75) is 11.6 Å². The zero-order chi connectivity index (χ0) is 19.3. The smallest absolute Gasteiger partial charge is 0.234 e. The summed E-state index contributed by atoms with van der Waals surface area (Å²) in [6, 6.07) is 15.7.